The minimum absolute atomic E-state index is 0.0232. The van der Waals surface area contributed by atoms with Gasteiger partial charge in [0.05, 0.1) is 25.9 Å². The van der Waals surface area contributed by atoms with Crippen LogP contribution in [0.15, 0.2) is 11.8 Å². The van der Waals surface area contributed by atoms with E-state index in [0.717, 1.165) is 6.08 Å². The zero-order valence-corrected chi connectivity index (χ0v) is 23.8. The zero-order chi connectivity index (χ0) is 31.3. The second-order valence-electron chi connectivity index (χ2n) is 10.7. The number of amides is 1. The molecule has 3 saturated heterocycles. The van der Waals surface area contributed by atoms with E-state index in [1.165, 1.54) is 6.92 Å². The van der Waals surface area contributed by atoms with Crippen molar-refractivity contribution in [1.82, 2.24) is 5.32 Å². The molecule has 0 aliphatic carbocycles. The third-order valence-corrected chi connectivity index (χ3v) is 7.04. The van der Waals surface area contributed by atoms with E-state index >= 15 is 0 Å². The van der Waals surface area contributed by atoms with Crippen LogP contribution in [0.1, 0.15) is 34.1 Å². The van der Waals surface area contributed by atoms with Crippen molar-refractivity contribution in [2.75, 3.05) is 19.8 Å². The highest BCUT2D eigenvalue weighted by atomic mass is 16.7. The number of aliphatic hydroxyl groups is 6. The smallest absolute Gasteiger partial charge is 0.332 e. The van der Waals surface area contributed by atoms with Crippen LogP contribution in [0.5, 0.6) is 0 Å². The minimum atomic E-state index is -1.83. The van der Waals surface area contributed by atoms with E-state index in [9.17, 15) is 45.0 Å². The maximum Gasteiger partial charge on any atom is 0.332 e. The Labute approximate surface area is 242 Å². The van der Waals surface area contributed by atoms with Gasteiger partial charge in [-0.05, 0) is 19.8 Å². The molecule has 0 aromatic carbocycles. The standard InChI is InChI=1S/C26H41NO15/c1-5-37-15(30)7-12-17(24(36)27-12)11(4)38-25-20(34)19(33)23(14(9-29)39-25)42-26-21(35)18(32)22(13(8-28)40-26)41-16(31)6-10(2)3/h7,10-11,13-14,17-23,25-26,28-29,32-35H,5-6,8-9H2,1-4H3,(H,27,36)/b12-7+/t11-,13-,14-,17-,18-,19-,20+,21+,22-,23-,25+,26-/m1/s1. The molecule has 16 heteroatoms. The molecule has 12 atom stereocenters. The predicted molar refractivity (Wildman–Crippen MR) is 137 cm³/mol. The van der Waals surface area contributed by atoms with Crippen LogP contribution in [-0.2, 0) is 42.8 Å². The summed E-state index contributed by atoms with van der Waals surface area (Å²) in [6, 6.07) is 0. The quantitative estimate of drug-likeness (QED) is 0.0657. The maximum atomic E-state index is 12.1. The summed E-state index contributed by atoms with van der Waals surface area (Å²) < 4.78 is 32.5. The predicted octanol–water partition coefficient (Wildman–Crippen LogP) is -3.19. The van der Waals surface area contributed by atoms with E-state index in [2.05, 4.69) is 5.32 Å². The Bertz CT molecular complexity index is 971. The Hall–Kier alpha value is -2.25. The molecule has 3 aliphatic rings. The van der Waals surface area contributed by atoms with Gasteiger partial charge in [0.15, 0.2) is 18.7 Å². The Kier molecular flexibility index (Phi) is 12.2. The van der Waals surface area contributed by atoms with Crippen LogP contribution >= 0.6 is 0 Å². The Morgan fingerprint density at radius 3 is 2.07 bits per heavy atom. The highest BCUT2D eigenvalue weighted by Gasteiger charge is 2.53. The number of carbonyl (C=O) groups is 3. The van der Waals surface area contributed by atoms with Crippen molar-refractivity contribution in [1.29, 1.82) is 0 Å². The summed E-state index contributed by atoms with van der Waals surface area (Å²) >= 11 is 0. The second-order valence-corrected chi connectivity index (χ2v) is 10.7. The maximum absolute atomic E-state index is 12.1. The van der Waals surface area contributed by atoms with Crippen molar-refractivity contribution in [3.8, 4) is 0 Å². The fourth-order valence-electron chi connectivity index (χ4n) is 4.89. The molecule has 0 spiro atoms. The number of rotatable bonds is 12. The van der Waals surface area contributed by atoms with Gasteiger partial charge in [-0.2, -0.15) is 0 Å². The van der Waals surface area contributed by atoms with Crippen LogP contribution in [-0.4, -0.2) is 136 Å². The highest BCUT2D eigenvalue weighted by Crippen LogP contribution is 2.33. The first-order chi connectivity index (χ1) is 19.8. The molecule has 3 rings (SSSR count). The van der Waals surface area contributed by atoms with Crippen molar-refractivity contribution in [3.05, 3.63) is 11.8 Å². The molecule has 1 amide bonds. The normalized spacial score (nSPS) is 38.5. The van der Waals surface area contributed by atoms with Crippen LogP contribution in [0.4, 0.5) is 0 Å². The summed E-state index contributed by atoms with van der Waals surface area (Å²) in [5, 5.41) is 65.1. The summed E-state index contributed by atoms with van der Waals surface area (Å²) in [7, 11) is 0. The largest absolute Gasteiger partial charge is 0.463 e. The van der Waals surface area contributed by atoms with Gasteiger partial charge in [0.1, 0.15) is 48.6 Å². The second kappa shape index (κ2) is 15.0. The van der Waals surface area contributed by atoms with Gasteiger partial charge in [-0.25, -0.2) is 4.79 Å². The van der Waals surface area contributed by atoms with Crippen molar-refractivity contribution >= 4 is 17.8 Å². The molecule has 3 heterocycles. The van der Waals surface area contributed by atoms with E-state index in [-0.39, 0.29) is 24.6 Å². The van der Waals surface area contributed by atoms with Gasteiger partial charge in [-0.3, -0.25) is 9.59 Å². The lowest BCUT2D eigenvalue weighted by Crippen LogP contribution is -2.65. The van der Waals surface area contributed by atoms with E-state index in [1.54, 1.807) is 20.8 Å². The van der Waals surface area contributed by atoms with E-state index < -0.39 is 104 Å². The van der Waals surface area contributed by atoms with Crippen molar-refractivity contribution < 1.29 is 73.4 Å². The molecule has 3 aliphatic heterocycles. The monoisotopic (exact) mass is 607 g/mol. The van der Waals surface area contributed by atoms with Gasteiger partial charge in [-0.1, -0.05) is 13.8 Å². The first-order valence-corrected chi connectivity index (χ1v) is 13.8. The number of nitrogens with one attached hydrogen (secondary N) is 1. The number of hydrogen-bond donors (Lipinski definition) is 7. The highest BCUT2D eigenvalue weighted by molar-refractivity contribution is 5.95. The molecule has 240 valence electrons. The Balaban J connectivity index is 1.66. The molecule has 0 radical (unpaired) electrons. The van der Waals surface area contributed by atoms with Gasteiger partial charge in [0.2, 0.25) is 5.91 Å². The molecule has 0 aromatic heterocycles. The van der Waals surface area contributed by atoms with Gasteiger partial charge in [-0.15, -0.1) is 0 Å². The van der Waals surface area contributed by atoms with Crippen molar-refractivity contribution in [2.24, 2.45) is 11.8 Å². The summed E-state index contributed by atoms with van der Waals surface area (Å²) in [5.74, 6) is -2.78. The van der Waals surface area contributed by atoms with Gasteiger partial charge >= 0.3 is 11.9 Å². The third-order valence-electron chi connectivity index (χ3n) is 7.04. The molecular weight excluding hydrogens is 566 g/mol. The van der Waals surface area contributed by atoms with Gasteiger partial charge in [0, 0.05) is 18.2 Å². The fourth-order valence-corrected chi connectivity index (χ4v) is 4.89. The van der Waals surface area contributed by atoms with Gasteiger partial charge < -0.3 is 64.4 Å². The minimum Gasteiger partial charge on any atom is -0.463 e. The average Bonchev–Trinajstić information content (AvgIpc) is 2.91. The zero-order valence-electron chi connectivity index (χ0n) is 23.8. The topological polar surface area (TPSA) is 240 Å². The van der Waals surface area contributed by atoms with E-state index in [1.807, 2.05) is 0 Å². The van der Waals surface area contributed by atoms with Crippen molar-refractivity contribution in [2.45, 2.75) is 102 Å². The molecule has 0 saturated carbocycles. The fraction of sp³-hybridized carbons (Fsp3) is 0.808. The number of esters is 2. The summed E-state index contributed by atoms with van der Waals surface area (Å²) in [4.78, 5) is 36.0. The Morgan fingerprint density at radius 2 is 1.50 bits per heavy atom. The van der Waals surface area contributed by atoms with E-state index in [4.69, 9.17) is 28.4 Å². The van der Waals surface area contributed by atoms with Crippen LogP contribution < -0.4 is 5.32 Å². The SMILES string of the molecule is CCOC(=O)/C=C1/NC(=O)[C@@H]1[C@@H](C)O[C@H]1O[C@H](CO)[C@@H](O[C@H]2O[C@H](CO)[C@@H](OC(=O)CC(C)C)[C@H](O)[C@@H]2O)[C@H](O)[C@@H]1O. The molecule has 0 unspecified atom stereocenters. The van der Waals surface area contributed by atoms with Crippen LogP contribution in [0.3, 0.4) is 0 Å². The van der Waals surface area contributed by atoms with Crippen LogP contribution in [0.25, 0.3) is 0 Å². The average molecular weight is 608 g/mol. The molecule has 0 bridgehead atoms. The molecule has 7 N–H and O–H groups in total. The first kappa shape index (κ1) is 34.2. The lowest BCUT2D eigenvalue weighted by atomic mass is 9.90. The number of carbonyl (C=O) groups excluding carboxylic acids is 3. The summed E-state index contributed by atoms with van der Waals surface area (Å²) in [6.07, 6.45) is -15.9. The number of aliphatic hydroxyl groups excluding tert-OH is 6. The number of hydrogen-bond acceptors (Lipinski definition) is 15. The van der Waals surface area contributed by atoms with Crippen molar-refractivity contribution in [3.63, 3.8) is 0 Å². The third kappa shape index (κ3) is 7.82. The van der Waals surface area contributed by atoms with Crippen LogP contribution in [0, 0.1) is 11.8 Å². The summed E-state index contributed by atoms with van der Waals surface area (Å²) in [5.41, 5.74) is 0.227. The number of ether oxygens (including phenoxy) is 6. The molecule has 3 fully saturated rings. The van der Waals surface area contributed by atoms with Gasteiger partial charge in [0.25, 0.3) is 0 Å². The lowest BCUT2D eigenvalue weighted by molar-refractivity contribution is -0.363. The van der Waals surface area contributed by atoms with Crippen LogP contribution in [0.2, 0.25) is 0 Å². The molecule has 0 aromatic rings. The Morgan fingerprint density at radius 1 is 0.929 bits per heavy atom. The first-order valence-electron chi connectivity index (χ1n) is 13.8. The molecular formula is C26H41NO15. The summed E-state index contributed by atoms with van der Waals surface area (Å²) in [6.45, 7) is 5.31. The molecule has 16 nitrogen and oxygen atoms in total. The molecule has 42 heavy (non-hydrogen) atoms. The lowest BCUT2D eigenvalue weighted by Gasteiger charge is -2.47. The number of β-lactam (4-membered cyclic amide) rings is 1. The van der Waals surface area contributed by atoms with E-state index in [0.29, 0.717) is 0 Å².